The van der Waals surface area contributed by atoms with Gasteiger partial charge in [0.15, 0.2) is 0 Å². The molecule has 0 spiro atoms. The number of piperazine rings is 1. The fourth-order valence-electron chi connectivity index (χ4n) is 3.63. The van der Waals surface area contributed by atoms with Gasteiger partial charge in [0.25, 0.3) is 0 Å². The SMILES string of the molecule is CCC1C(=O)NCCN1C1CCCCCC1CN. The average Bonchev–Trinajstić information content (AvgIpc) is 2.63. The molecule has 1 amide bonds. The first-order chi connectivity index (χ1) is 8.77. The molecule has 0 aromatic carbocycles. The summed E-state index contributed by atoms with van der Waals surface area (Å²) in [6.45, 7) is 4.66. The minimum atomic E-state index is 0.0656. The molecule has 1 heterocycles. The molecule has 0 radical (unpaired) electrons. The molecule has 2 fully saturated rings. The van der Waals surface area contributed by atoms with Crippen molar-refractivity contribution in [2.24, 2.45) is 11.7 Å². The van der Waals surface area contributed by atoms with Crippen LogP contribution in [-0.2, 0) is 4.79 Å². The van der Waals surface area contributed by atoms with Crippen molar-refractivity contribution in [3.63, 3.8) is 0 Å². The van der Waals surface area contributed by atoms with Crippen molar-refractivity contribution in [3.8, 4) is 0 Å². The number of nitrogens with zero attached hydrogens (tertiary/aromatic N) is 1. The summed E-state index contributed by atoms with van der Waals surface area (Å²) in [5.74, 6) is 0.788. The average molecular weight is 253 g/mol. The maximum atomic E-state index is 12.0. The summed E-state index contributed by atoms with van der Waals surface area (Å²) in [6, 6.07) is 0.587. The molecule has 0 bridgehead atoms. The second kappa shape index (κ2) is 6.53. The van der Waals surface area contributed by atoms with Gasteiger partial charge in [-0.3, -0.25) is 9.69 Å². The molecule has 1 saturated carbocycles. The number of carbonyl (C=O) groups is 1. The fraction of sp³-hybridized carbons (Fsp3) is 0.929. The van der Waals surface area contributed by atoms with Gasteiger partial charge in [0.05, 0.1) is 6.04 Å². The third kappa shape index (κ3) is 2.86. The van der Waals surface area contributed by atoms with Gasteiger partial charge in [-0.2, -0.15) is 0 Å². The topological polar surface area (TPSA) is 58.4 Å². The lowest BCUT2D eigenvalue weighted by molar-refractivity contribution is -0.131. The van der Waals surface area contributed by atoms with E-state index >= 15 is 0 Å². The predicted molar refractivity (Wildman–Crippen MR) is 73.2 cm³/mol. The van der Waals surface area contributed by atoms with E-state index < -0.39 is 0 Å². The third-order valence-corrected chi connectivity index (χ3v) is 4.61. The van der Waals surface area contributed by atoms with Gasteiger partial charge in [-0.25, -0.2) is 0 Å². The van der Waals surface area contributed by atoms with E-state index in [-0.39, 0.29) is 11.9 Å². The Bertz CT molecular complexity index is 282. The van der Waals surface area contributed by atoms with Crippen LogP contribution in [0.1, 0.15) is 45.4 Å². The van der Waals surface area contributed by atoms with Crippen molar-refractivity contribution in [3.05, 3.63) is 0 Å². The molecule has 3 atom stereocenters. The number of hydrogen-bond donors (Lipinski definition) is 2. The highest BCUT2D eigenvalue weighted by molar-refractivity contribution is 5.82. The lowest BCUT2D eigenvalue weighted by atomic mass is 9.91. The van der Waals surface area contributed by atoms with Gasteiger partial charge in [0.1, 0.15) is 0 Å². The number of hydrogen-bond acceptors (Lipinski definition) is 3. The molecule has 2 aliphatic rings. The highest BCUT2D eigenvalue weighted by atomic mass is 16.2. The summed E-state index contributed by atoms with van der Waals surface area (Å²) in [4.78, 5) is 14.4. The molecular weight excluding hydrogens is 226 g/mol. The molecule has 4 nitrogen and oxygen atoms in total. The van der Waals surface area contributed by atoms with Crippen LogP contribution in [0.15, 0.2) is 0 Å². The highest BCUT2D eigenvalue weighted by Crippen LogP contribution is 2.29. The van der Waals surface area contributed by atoms with Crippen LogP contribution >= 0.6 is 0 Å². The summed E-state index contributed by atoms with van der Waals surface area (Å²) in [5.41, 5.74) is 5.96. The van der Waals surface area contributed by atoms with Gasteiger partial charge in [-0.15, -0.1) is 0 Å². The van der Waals surface area contributed by atoms with Crippen LogP contribution in [-0.4, -0.2) is 42.5 Å². The van der Waals surface area contributed by atoms with Gasteiger partial charge >= 0.3 is 0 Å². The summed E-state index contributed by atoms with van der Waals surface area (Å²) < 4.78 is 0. The molecule has 3 N–H and O–H groups in total. The van der Waals surface area contributed by atoms with Crippen molar-refractivity contribution >= 4 is 5.91 Å². The van der Waals surface area contributed by atoms with Crippen LogP contribution in [0, 0.1) is 5.92 Å². The Kier molecular flexibility index (Phi) is 5.01. The van der Waals surface area contributed by atoms with E-state index in [0.29, 0.717) is 12.0 Å². The van der Waals surface area contributed by atoms with E-state index in [1.54, 1.807) is 0 Å². The van der Waals surface area contributed by atoms with E-state index in [9.17, 15) is 4.79 Å². The molecule has 4 heteroatoms. The first-order valence-electron chi connectivity index (χ1n) is 7.51. The smallest absolute Gasteiger partial charge is 0.237 e. The van der Waals surface area contributed by atoms with Crippen LogP contribution in [0.3, 0.4) is 0 Å². The third-order valence-electron chi connectivity index (χ3n) is 4.61. The Morgan fingerprint density at radius 3 is 2.83 bits per heavy atom. The van der Waals surface area contributed by atoms with E-state index in [0.717, 1.165) is 26.1 Å². The summed E-state index contributed by atoms with van der Waals surface area (Å²) in [6.07, 6.45) is 7.26. The van der Waals surface area contributed by atoms with E-state index in [1.165, 1.54) is 32.1 Å². The predicted octanol–water partition coefficient (Wildman–Crippen LogP) is 1.10. The van der Waals surface area contributed by atoms with Crippen molar-refractivity contribution in [1.82, 2.24) is 10.2 Å². The Labute approximate surface area is 110 Å². The second-order valence-electron chi connectivity index (χ2n) is 5.65. The van der Waals surface area contributed by atoms with Crippen LogP contribution < -0.4 is 11.1 Å². The van der Waals surface area contributed by atoms with E-state index in [1.807, 2.05) is 0 Å². The molecule has 0 aromatic rings. The van der Waals surface area contributed by atoms with Gasteiger partial charge in [0.2, 0.25) is 5.91 Å². The zero-order chi connectivity index (χ0) is 13.0. The summed E-state index contributed by atoms with van der Waals surface area (Å²) >= 11 is 0. The highest BCUT2D eigenvalue weighted by Gasteiger charge is 2.36. The Morgan fingerprint density at radius 2 is 2.11 bits per heavy atom. The largest absolute Gasteiger partial charge is 0.353 e. The summed E-state index contributed by atoms with van der Waals surface area (Å²) in [7, 11) is 0. The zero-order valence-electron chi connectivity index (χ0n) is 11.5. The second-order valence-corrected chi connectivity index (χ2v) is 5.65. The maximum Gasteiger partial charge on any atom is 0.237 e. The van der Waals surface area contributed by atoms with Gasteiger partial charge in [-0.05, 0) is 31.7 Å². The first-order valence-corrected chi connectivity index (χ1v) is 7.51. The van der Waals surface area contributed by atoms with Crippen LogP contribution in [0.4, 0.5) is 0 Å². The molecule has 1 aliphatic carbocycles. The Hall–Kier alpha value is -0.610. The Balaban J connectivity index is 2.12. The number of amides is 1. The van der Waals surface area contributed by atoms with Crippen molar-refractivity contribution in [2.45, 2.75) is 57.5 Å². The number of rotatable bonds is 3. The minimum absolute atomic E-state index is 0.0656. The number of nitrogens with two attached hydrogens (primary N) is 1. The van der Waals surface area contributed by atoms with Gasteiger partial charge in [0, 0.05) is 19.1 Å². The molecule has 1 saturated heterocycles. The minimum Gasteiger partial charge on any atom is -0.353 e. The maximum absolute atomic E-state index is 12.0. The van der Waals surface area contributed by atoms with Gasteiger partial charge < -0.3 is 11.1 Å². The van der Waals surface area contributed by atoms with Crippen molar-refractivity contribution < 1.29 is 4.79 Å². The lowest BCUT2D eigenvalue weighted by Gasteiger charge is -2.43. The number of carbonyl (C=O) groups excluding carboxylic acids is 1. The van der Waals surface area contributed by atoms with Gasteiger partial charge in [-0.1, -0.05) is 26.2 Å². The zero-order valence-corrected chi connectivity index (χ0v) is 11.5. The van der Waals surface area contributed by atoms with Crippen LogP contribution in [0.25, 0.3) is 0 Å². The Morgan fingerprint density at radius 1 is 1.33 bits per heavy atom. The molecule has 1 aliphatic heterocycles. The quantitative estimate of drug-likeness (QED) is 0.741. The van der Waals surface area contributed by atoms with Crippen LogP contribution in [0.2, 0.25) is 0 Å². The van der Waals surface area contributed by atoms with Crippen molar-refractivity contribution in [2.75, 3.05) is 19.6 Å². The molecule has 2 rings (SSSR count). The lowest BCUT2D eigenvalue weighted by Crippen LogP contribution is -2.60. The van der Waals surface area contributed by atoms with Crippen LogP contribution in [0.5, 0.6) is 0 Å². The van der Waals surface area contributed by atoms with Crippen molar-refractivity contribution in [1.29, 1.82) is 0 Å². The van der Waals surface area contributed by atoms with E-state index in [2.05, 4.69) is 17.1 Å². The molecule has 104 valence electrons. The summed E-state index contributed by atoms with van der Waals surface area (Å²) in [5, 5.41) is 2.99. The molecular formula is C14H27N3O. The number of nitrogens with one attached hydrogen (secondary N) is 1. The first kappa shape index (κ1) is 13.8. The molecule has 0 aromatic heterocycles. The molecule has 18 heavy (non-hydrogen) atoms. The molecule has 3 unspecified atom stereocenters. The van der Waals surface area contributed by atoms with E-state index in [4.69, 9.17) is 5.73 Å². The standard InChI is InChI=1S/C14H27N3O/c1-2-12-14(18)16-8-9-17(12)13-7-5-3-4-6-11(13)10-15/h11-13H,2-10,15H2,1H3,(H,16,18). The normalized spacial score (nSPS) is 35.0. The fourth-order valence-corrected chi connectivity index (χ4v) is 3.63. The monoisotopic (exact) mass is 253 g/mol.